The van der Waals surface area contributed by atoms with Gasteiger partial charge in [0, 0.05) is 18.6 Å². The molecule has 13 heavy (non-hydrogen) atoms. The zero-order valence-electron chi connectivity index (χ0n) is 8.84. The molecule has 0 aromatic heterocycles. The van der Waals surface area contributed by atoms with Gasteiger partial charge in [0.05, 0.1) is 0 Å². The van der Waals surface area contributed by atoms with E-state index in [0.717, 1.165) is 12.1 Å². The molecule has 0 aromatic carbocycles. The Morgan fingerprint density at radius 3 is 2.15 bits per heavy atom. The van der Waals surface area contributed by atoms with Gasteiger partial charge < -0.3 is 0 Å². The third-order valence-electron chi connectivity index (χ3n) is 3.08. The van der Waals surface area contributed by atoms with Crippen LogP contribution >= 0.6 is 0 Å². The van der Waals surface area contributed by atoms with Crippen LogP contribution in [0.1, 0.15) is 58.3 Å². The molecule has 0 atom stereocenters. The van der Waals surface area contributed by atoms with Gasteiger partial charge in [0.25, 0.3) is 0 Å². The third kappa shape index (κ3) is 2.98. The molecule has 2 rings (SSSR count). The van der Waals surface area contributed by atoms with E-state index in [4.69, 9.17) is 0 Å². The molecule has 0 heterocycles. The zero-order valence-corrected chi connectivity index (χ0v) is 8.84. The normalized spacial score (nSPS) is 22.6. The monoisotopic (exact) mass is 180 g/mol. The molecule has 0 unspecified atom stereocenters. The van der Waals surface area contributed by atoms with Crippen molar-refractivity contribution in [3.63, 3.8) is 0 Å². The molecule has 2 saturated carbocycles. The minimum absolute atomic E-state index is 0.953. The average molecular weight is 180 g/mol. The highest BCUT2D eigenvalue weighted by molar-refractivity contribution is 4.97. The van der Waals surface area contributed by atoms with E-state index in [1.807, 2.05) is 0 Å². The summed E-state index contributed by atoms with van der Waals surface area (Å²) in [5.74, 6) is 0. The van der Waals surface area contributed by atoms with Crippen molar-refractivity contribution in [2.75, 3.05) is 0 Å². The smallest absolute Gasteiger partial charge is 0.0257 e. The van der Waals surface area contributed by atoms with Crippen molar-refractivity contribution in [2.45, 2.75) is 70.4 Å². The Bertz CT molecular complexity index is 135. The topological polar surface area (TPSA) is 3.24 Å². The van der Waals surface area contributed by atoms with Crippen LogP contribution in [-0.2, 0) is 0 Å². The number of nitrogens with zero attached hydrogens (tertiary/aromatic N) is 1. The molecule has 0 aliphatic heterocycles. The van der Waals surface area contributed by atoms with Crippen molar-refractivity contribution < 1.29 is 0 Å². The molecule has 2 fully saturated rings. The summed E-state index contributed by atoms with van der Waals surface area (Å²) in [4.78, 5) is 2.68. The maximum atomic E-state index is 2.68. The molecule has 2 aliphatic carbocycles. The highest BCUT2D eigenvalue weighted by atomic mass is 15.2. The number of hydrogen-bond donors (Lipinski definition) is 0. The molecule has 0 spiro atoms. The van der Waals surface area contributed by atoms with Crippen LogP contribution in [0.2, 0.25) is 0 Å². The second-order valence-electron chi connectivity index (χ2n) is 4.59. The van der Waals surface area contributed by atoms with Gasteiger partial charge in [0.15, 0.2) is 0 Å². The van der Waals surface area contributed by atoms with Gasteiger partial charge >= 0.3 is 0 Å². The molecule has 0 aromatic rings. The maximum absolute atomic E-state index is 2.68. The van der Waals surface area contributed by atoms with Crippen LogP contribution in [0, 0.1) is 6.54 Å². The highest BCUT2D eigenvalue weighted by Crippen LogP contribution is 2.38. The van der Waals surface area contributed by atoms with E-state index in [9.17, 15) is 0 Å². The van der Waals surface area contributed by atoms with Gasteiger partial charge in [-0.2, -0.15) is 0 Å². The number of rotatable bonds is 7. The molecule has 2 aliphatic rings. The summed E-state index contributed by atoms with van der Waals surface area (Å²) < 4.78 is 0. The summed E-state index contributed by atoms with van der Waals surface area (Å²) in [5.41, 5.74) is 0. The van der Waals surface area contributed by atoms with Gasteiger partial charge in [-0.25, -0.2) is 0 Å². The van der Waals surface area contributed by atoms with Crippen LogP contribution in [0.5, 0.6) is 0 Å². The Kier molecular flexibility index (Phi) is 3.26. The summed E-state index contributed by atoms with van der Waals surface area (Å²) in [6.45, 7) is 4.78. The highest BCUT2D eigenvalue weighted by Gasteiger charge is 2.38. The first-order valence-electron chi connectivity index (χ1n) is 6.02. The largest absolute Gasteiger partial charge is 0.293 e. The first kappa shape index (κ1) is 9.51. The molecule has 1 radical (unpaired) electrons. The van der Waals surface area contributed by atoms with Crippen LogP contribution in [0.3, 0.4) is 0 Å². The maximum Gasteiger partial charge on any atom is 0.0257 e. The Morgan fingerprint density at radius 2 is 1.69 bits per heavy atom. The second kappa shape index (κ2) is 4.45. The summed E-state index contributed by atoms with van der Waals surface area (Å²) in [6, 6.07) is 1.91. The average Bonchev–Trinajstić information content (AvgIpc) is 2.99. The Hall–Kier alpha value is -0.0400. The second-order valence-corrected chi connectivity index (χ2v) is 4.59. The van der Waals surface area contributed by atoms with E-state index < -0.39 is 0 Å². The van der Waals surface area contributed by atoms with Gasteiger partial charge in [-0.15, -0.1) is 0 Å². The van der Waals surface area contributed by atoms with Crippen molar-refractivity contribution >= 4 is 0 Å². The van der Waals surface area contributed by atoms with Gasteiger partial charge in [-0.3, -0.25) is 4.90 Å². The lowest BCUT2D eigenvalue weighted by atomic mass is 10.2. The lowest BCUT2D eigenvalue weighted by Crippen LogP contribution is -2.25. The molecular formula is C12H22N. The van der Waals surface area contributed by atoms with Gasteiger partial charge in [-0.1, -0.05) is 26.2 Å². The molecule has 75 valence electrons. The van der Waals surface area contributed by atoms with E-state index in [0.29, 0.717) is 0 Å². The molecular weight excluding hydrogens is 158 g/mol. The van der Waals surface area contributed by atoms with Crippen LogP contribution < -0.4 is 0 Å². The van der Waals surface area contributed by atoms with Crippen LogP contribution in [0.25, 0.3) is 0 Å². The molecule has 0 amide bonds. The molecule has 0 N–H and O–H groups in total. The predicted molar refractivity (Wildman–Crippen MR) is 56.3 cm³/mol. The van der Waals surface area contributed by atoms with Crippen molar-refractivity contribution in [3.05, 3.63) is 6.54 Å². The number of hydrogen-bond acceptors (Lipinski definition) is 1. The van der Waals surface area contributed by atoms with E-state index in [1.165, 1.54) is 51.4 Å². The third-order valence-corrected chi connectivity index (χ3v) is 3.08. The zero-order chi connectivity index (χ0) is 9.10. The summed E-state index contributed by atoms with van der Waals surface area (Å²) in [7, 11) is 0. The van der Waals surface area contributed by atoms with Crippen molar-refractivity contribution in [1.82, 2.24) is 4.90 Å². The predicted octanol–water partition coefficient (Wildman–Crippen LogP) is 3.36. The van der Waals surface area contributed by atoms with Gasteiger partial charge in [-0.05, 0) is 32.1 Å². The van der Waals surface area contributed by atoms with Gasteiger partial charge in [0.2, 0.25) is 0 Å². The minimum Gasteiger partial charge on any atom is -0.293 e. The van der Waals surface area contributed by atoms with E-state index in [1.54, 1.807) is 0 Å². The number of unbranched alkanes of at least 4 members (excludes halogenated alkanes) is 3. The summed E-state index contributed by atoms with van der Waals surface area (Å²) >= 11 is 0. The first-order chi connectivity index (χ1) is 6.42. The molecule has 0 saturated heterocycles. The Morgan fingerprint density at radius 1 is 1.08 bits per heavy atom. The lowest BCUT2D eigenvalue weighted by Gasteiger charge is -2.20. The van der Waals surface area contributed by atoms with E-state index >= 15 is 0 Å². The Labute approximate surface area is 82.5 Å². The SMILES string of the molecule is CCCCC[CH]N(C1CC1)C1CC1. The summed E-state index contributed by atoms with van der Waals surface area (Å²) in [5, 5.41) is 0. The molecule has 0 bridgehead atoms. The van der Waals surface area contributed by atoms with Crippen LogP contribution in [0.4, 0.5) is 0 Å². The first-order valence-corrected chi connectivity index (χ1v) is 6.02. The Balaban J connectivity index is 1.59. The molecule has 1 heteroatoms. The van der Waals surface area contributed by atoms with Gasteiger partial charge in [0.1, 0.15) is 0 Å². The van der Waals surface area contributed by atoms with E-state index in [2.05, 4.69) is 18.4 Å². The fourth-order valence-corrected chi connectivity index (χ4v) is 1.98. The fraction of sp³-hybridized carbons (Fsp3) is 0.917. The quantitative estimate of drug-likeness (QED) is 0.543. The van der Waals surface area contributed by atoms with Crippen LogP contribution in [-0.4, -0.2) is 17.0 Å². The van der Waals surface area contributed by atoms with Crippen LogP contribution in [0.15, 0.2) is 0 Å². The van der Waals surface area contributed by atoms with E-state index in [-0.39, 0.29) is 0 Å². The standard InChI is InChI=1S/C12H22N/c1-2-3-4-5-10-13(11-6-7-11)12-8-9-12/h10-12H,2-9H2,1H3. The summed E-state index contributed by atoms with van der Waals surface area (Å²) in [6.07, 6.45) is 11.3. The van der Waals surface area contributed by atoms with Crippen molar-refractivity contribution in [2.24, 2.45) is 0 Å². The fourth-order valence-electron chi connectivity index (χ4n) is 1.98. The van der Waals surface area contributed by atoms with Crippen molar-refractivity contribution in [1.29, 1.82) is 0 Å². The lowest BCUT2D eigenvalue weighted by molar-refractivity contribution is 0.300. The minimum atomic E-state index is 0.953. The molecule has 1 nitrogen and oxygen atoms in total. The van der Waals surface area contributed by atoms with Crippen molar-refractivity contribution in [3.8, 4) is 0 Å².